The van der Waals surface area contributed by atoms with Crippen molar-refractivity contribution in [2.24, 2.45) is 0 Å². The first-order valence-electron chi connectivity index (χ1n) is 5.82. The molecule has 0 spiro atoms. The van der Waals surface area contributed by atoms with Crippen molar-refractivity contribution < 1.29 is 17.9 Å². The highest BCUT2D eigenvalue weighted by atomic mass is 32.2. The molecule has 0 fully saturated rings. The molecule has 1 unspecified atom stereocenters. The molecule has 8 heteroatoms. The van der Waals surface area contributed by atoms with Crippen molar-refractivity contribution in [3.05, 3.63) is 24.4 Å². The van der Waals surface area contributed by atoms with Gasteiger partial charge in [-0.05, 0) is 25.1 Å². The molecule has 0 saturated heterocycles. The quantitative estimate of drug-likeness (QED) is 0.564. The van der Waals surface area contributed by atoms with Crippen LogP contribution < -0.4 is 10.5 Å². The number of fused-ring (bicyclic) bond motifs is 1. The first-order chi connectivity index (χ1) is 9.35. The van der Waals surface area contributed by atoms with Crippen LogP contribution in [-0.4, -0.2) is 32.5 Å². The Bertz CT molecular complexity index is 751. The lowest BCUT2D eigenvalue weighted by Crippen LogP contribution is -2.39. The Hall–Kier alpha value is -2.06. The van der Waals surface area contributed by atoms with Gasteiger partial charge >= 0.3 is 5.97 Å². The molecule has 7 nitrogen and oxygen atoms in total. The third-order valence-corrected chi connectivity index (χ3v) is 4.42. The first-order valence-corrected chi connectivity index (χ1v) is 7.30. The monoisotopic (exact) mass is 297 g/mol. The Morgan fingerprint density at radius 3 is 2.80 bits per heavy atom. The number of aromatic nitrogens is 1. The van der Waals surface area contributed by atoms with Crippen LogP contribution in [0.4, 0.5) is 5.69 Å². The molecule has 0 aliphatic heterocycles. The lowest BCUT2D eigenvalue weighted by Gasteiger charge is -2.11. The summed E-state index contributed by atoms with van der Waals surface area (Å²) in [5.74, 6) is -0.655. The summed E-state index contributed by atoms with van der Waals surface area (Å²) < 4.78 is 31.3. The van der Waals surface area contributed by atoms with Crippen LogP contribution in [0, 0.1) is 0 Å². The molecule has 2 rings (SSSR count). The second-order valence-corrected chi connectivity index (χ2v) is 6.01. The van der Waals surface area contributed by atoms with E-state index < -0.39 is 22.0 Å². The van der Waals surface area contributed by atoms with E-state index in [0.717, 1.165) is 0 Å². The van der Waals surface area contributed by atoms with Gasteiger partial charge in [-0.3, -0.25) is 4.79 Å². The van der Waals surface area contributed by atoms with Crippen LogP contribution >= 0.6 is 0 Å². The van der Waals surface area contributed by atoms with Crippen molar-refractivity contribution in [2.45, 2.75) is 17.9 Å². The summed E-state index contributed by atoms with van der Waals surface area (Å²) in [7, 11) is -2.64. The first kappa shape index (κ1) is 14.4. The molecular weight excluding hydrogens is 282 g/mol. The second-order valence-electron chi connectivity index (χ2n) is 4.32. The van der Waals surface area contributed by atoms with E-state index in [-0.39, 0.29) is 4.90 Å². The van der Waals surface area contributed by atoms with E-state index in [4.69, 9.17) is 5.73 Å². The van der Waals surface area contributed by atoms with E-state index in [1.54, 1.807) is 18.2 Å². The van der Waals surface area contributed by atoms with Gasteiger partial charge in [0.1, 0.15) is 10.9 Å². The van der Waals surface area contributed by atoms with Crippen LogP contribution in [0.1, 0.15) is 6.92 Å². The van der Waals surface area contributed by atoms with E-state index in [1.165, 1.54) is 20.2 Å². The number of hydrogen-bond acceptors (Lipinski definition) is 5. The third-order valence-electron chi connectivity index (χ3n) is 2.84. The summed E-state index contributed by atoms with van der Waals surface area (Å²) in [4.78, 5) is 14.2. The number of hydrogen-bond donors (Lipinski definition) is 3. The van der Waals surface area contributed by atoms with Gasteiger partial charge in [0.2, 0.25) is 10.0 Å². The molecule has 0 saturated carbocycles. The second kappa shape index (κ2) is 5.14. The van der Waals surface area contributed by atoms with Gasteiger partial charge in [-0.25, -0.2) is 8.42 Å². The maximum Gasteiger partial charge on any atom is 0.323 e. The number of H-pyrrole nitrogens is 1. The van der Waals surface area contributed by atoms with Crippen LogP contribution in [-0.2, 0) is 19.6 Å². The van der Waals surface area contributed by atoms with Crippen molar-refractivity contribution in [3.63, 3.8) is 0 Å². The molecule has 20 heavy (non-hydrogen) atoms. The van der Waals surface area contributed by atoms with Crippen molar-refractivity contribution in [1.82, 2.24) is 9.71 Å². The molecule has 1 aromatic heterocycles. The Labute approximate surface area is 116 Å². The van der Waals surface area contributed by atoms with Gasteiger partial charge in [-0.1, -0.05) is 0 Å². The highest BCUT2D eigenvalue weighted by Gasteiger charge is 2.24. The number of benzene rings is 1. The molecule has 1 aromatic carbocycles. The zero-order valence-electron chi connectivity index (χ0n) is 11.0. The molecule has 4 N–H and O–H groups in total. The third kappa shape index (κ3) is 2.61. The summed E-state index contributed by atoms with van der Waals surface area (Å²) in [6, 6.07) is 3.89. The minimum absolute atomic E-state index is 0.0586. The van der Waals surface area contributed by atoms with Crippen LogP contribution in [0.5, 0.6) is 0 Å². The van der Waals surface area contributed by atoms with Crippen LogP contribution in [0.2, 0.25) is 0 Å². The van der Waals surface area contributed by atoms with Gasteiger partial charge in [-0.15, -0.1) is 0 Å². The number of ether oxygens (including phenoxy) is 1. The molecule has 108 valence electrons. The number of nitrogens with one attached hydrogen (secondary N) is 2. The molecule has 0 aliphatic rings. The van der Waals surface area contributed by atoms with Crippen LogP contribution in [0.3, 0.4) is 0 Å². The summed E-state index contributed by atoms with van der Waals surface area (Å²) in [5.41, 5.74) is 6.77. The maximum absolute atomic E-state index is 12.3. The van der Waals surface area contributed by atoms with Gasteiger partial charge in [0.25, 0.3) is 0 Å². The number of rotatable bonds is 4. The molecule has 1 heterocycles. The normalized spacial score (nSPS) is 13.3. The molecular formula is C12H15N3O4S. The minimum Gasteiger partial charge on any atom is -0.468 e. The fourth-order valence-electron chi connectivity index (χ4n) is 1.86. The highest BCUT2D eigenvalue weighted by Crippen LogP contribution is 2.24. The number of anilines is 1. The molecule has 0 radical (unpaired) electrons. The summed E-state index contributed by atoms with van der Waals surface area (Å²) in [6.07, 6.45) is 1.36. The number of methoxy groups -OCH3 is 1. The average Bonchev–Trinajstić information content (AvgIpc) is 2.80. The number of carbonyl (C=O) groups is 1. The van der Waals surface area contributed by atoms with Crippen molar-refractivity contribution in [2.75, 3.05) is 12.8 Å². The van der Waals surface area contributed by atoms with Gasteiger partial charge in [-0.2, -0.15) is 4.72 Å². The number of aromatic amines is 1. The number of carbonyl (C=O) groups excluding carboxylic acids is 1. The van der Waals surface area contributed by atoms with E-state index in [9.17, 15) is 13.2 Å². The predicted molar refractivity (Wildman–Crippen MR) is 74.5 cm³/mol. The molecule has 2 aromatic rings. The molecule has 0 aliphatic carbocycles. The molecule has 1 atom stereocenters. The number of esters is 1. The van der Waals surface area contributed by atoms with Gasteiger partial charge in [0, 0.05) is 22.8 Å². The lowest BCUT2D eigenvalue weighted by atomic mass is 10.2. The van der Waals surface area contributed by atoms with E-state index in [0.29, 0.717) is 16.6 Å². The highest BCUT2D eigenvalue weighted by molar-refractivity contribution is 7.89. The van der Waals surface area contributed by atoms with Gasteiger partial charge in [0.15, 0.2) is 0 Å². The van der Waals surface area contributed by atoms with E-state index in [2.05, 4.69) is 14.4 Å². The summed E-state index contributed by atoms with van der Waals surface area (Å²) in [5, 5.41) is 0.503. The summed E-state index contributed by atoms with van der Waals surface area (Å²) >= 11 is 0. The van der Waals surface area contributed by atoms with Crippen molar-refractivity contribution >= 4 is 32.6 Å². The Morgan fingerprint density at radius 1 is 1.45 bits per heavy atom. The molecule has 0 bridgehead atoms. The van der Waals surface area contributed by atoms with Crippen molar-refractivity contribution in [1.29, 1.82) is 0 Å². The van der Waals surface area contributed by atoms with Crippen LogP contribution in [0.25, 0.3) is 10.9 Å². The molecule has 0 amide bonds. The largest absolute Gasteiger partial charge is 0.468 e. The number of sulfonamides is 1. The smallest absolute Gasteiger partial charge is 0.323 e. The maximum atomic E-state index is 12.3. The van der Waals surface area contributed by atoms with E-state index >= 15 is 0 Å². The lowest BCUT2D eigenvalue weighted by molar-refractivity contribution is -0.142. The number of nitrogen functional groups attached to an aromatic ring is 1. The van der Waals surface area contributed by atoms with Crippen LogP contribution in [0.15, 0.2) is 29.3 Å². The fraction of sp³-hybridized carbons (Fsp3) is 0.250. The SMILES string of the molecule is COC(=O)C(C)NS(=O)(=O)c1c[nH]c2cc(N)ccc12. The van der Waals surface area contributed by atoms with Gasteiger partial charge < -0.3 is 15.5 Å². The Morgan fingerprint density at radius 2 is 2.15 bits per heavy atom. The van der Waals surface area contributed by atoms with Gasteiger partial charge in [0.05, 0.1) is 7.11 Å². The number of nitrogens with two attached hydrogens (primary N) is 1. The predicted octanol–water partition coefficient (Wildman–Crippen LogP) is 0.590. The Balaban J connectivity index is 2.40. The zero-order chi connectivity index (χ0) is 14.9. The van der Waals surface area contributed by atoms with E-state index in [1.807, 2.05) is 0 Å². The topological polar surface area (TPSA) is 114 Å². The standard InChI is InChI=1S/C12H15N3O4S/c1-7(12(16)19-2)15-20(17,18)11-6-14-10-5-8(13)3-4-9(10)11/h3-7,14-15H,13H2,1-2H3. The van der Waals surface area contributed by atoms with Crippen molar-refractivity contribution in [3.8, 4) is 0 Å². The fourth-order valence-corrected chi connectivity index (χ4v) is 3.23. The average molecular weight is 297 g/mol. The minimum atomic E-state index is -3.83. The summed E-state index contributed by atoms with van der Waals surface area (Å²) in [6.45, 7) is 1.41. The zero-order valence-corrected chi connectivity index (χ0v) is 11.8. The Kier molecular flexibility index (Phi) is 3.69.